The quantitative estimate of drug-likeness (QED) is 0.845. The first-order valence-corrected chi connectivity index (χ1v) is 10.1. The summed E-state index contributed by atoms with van der Waals surface area (Å²) in [5.41, 5.74) is 2.71. The fourth-order valence-corrected chi connectivity index (χ4v) is 4.50. The average Bonchev–Trinajstić information content (AvgIpc) is 2.97. The molecule has 0 radical (unpaired) electrons. The predicted molar refractivity (Wildman–Crippen MR) is 102 cm³/mol. The van der Waals surface area contributed by atoms with E-state index in [1.165, 1.54) is 11.3 Å². The van der Waals surface area contributed by atoms with Gasteiger partial charge < -0.3 is 10.1 Å². The highest BCUT2D eigenvalue weighted by atomic mass is 16.5. The van der Waals surface area contributed by atoms with Gasteiger partial charge in [0.1, 0.15) is 0 Å². The maximum absolute atomic E-state index is 11.1. The van der Waals surface area contributed by atoms with Gasteiger partial charge in [0.2, 0.25) is 5.91 Å². The number of carbonyl (C=O) groups is 1. The molecule has 1 unspecified atom stereocenters. The van der Waals surface area contributed by atoms with Gasteiger partial charge in [-0.05, 0) is 51.9 Å². The SMILES string of the molecule is CCn1ncc(CN2CCC3(CC2)CC(CCNC(C)=O)CCO3)c1C. The molecule has 1 amide bonds. The second kappa shape index (κ2) is 8.53. The average molecular weight is 363 g/mol. The molecule has 1 spiro atoms. The standard InChI is InChI=1S/C20H34N4O2/c1-4-24-16(2)19(14-22-24)15-23-10-7-20(8-11-23)13-18(6-12-26-20)5-9-21-17(3)25/h14,18H,4-13,15H2,1-3H3,(H,21,25). The molecule has 1 N–H and O–H groups in total. The minimum atomic E-state index is 0.0677. The number of carbonyl (C=O) groups excluding carboxylic acids is 1. The number of hydrogen-bond donors (Lipinski definition) is 1. The van der Waals surface area contributed by atoms with Gasteiger partial charge in [-0.2, -0.15) is 5.10 Å². The molecule has 146 valence electrons. The molecule has 6 nitrogen and oxygen atoms in total. The summed E-state index contributed by atoms with van der Waals surface area (Å²) in [6.45, 7) is 11.7. The van der Waals surface area contributed by atoms with Crippen molar-refractivity contribution in [3.63, 3.8) is 0 Å². The maximum Gasteiger partial charge on any atom is 0.216 e. The highest BCUT2D eigenvalue weighted by Gasteiger charge is 2.40. The zero-order valence-electron chi connectivity index (χ0n) is 16.6. The number of nitrogens with zero attached hydrogens (tertiary/aromatic N) is 3. The van der Waals surface area contributed by atoms with Crippen LogP contribution < -0.4 is 5.32 Å². The van der Waals surface area contributed by atoms with Crippen molar-refractivity contribution < 1.29 is 9.53 Å². The molecule has 0 aliphatic carbocycles. The number of aromatic nitrogens is 2. The Morgan fingerprint density at radius 2 is 2.19 bits per heavy atom. The van der Waals surface area contributed by atoms with Crippen LogP contribution in [0.3, 0.4) is 0 Å². The lowest BCUT2D eigenvalue weighted by Crippen LogP contribution is -2.49. The molecule has 3 rings (SSSR count). The van der Waals surface area contributed by atoms with E-state index in [-0.39, 0.29) is 11.5 Å². The molecule has 2 aliphatic heterocycles. The Kier molecular flexibility index (Phi) is 6.35. The van der Waals surface area contributed by atoms with Crippen molar-refractivity contribution >= 4 is 5.91 Å². The summed E-state index contributed by atoms with van der Waals surface area (Å²) in [6, 6.07) is 0. The van der Waals surface area contributed by atoms with E-state index >= 15 is 0 Å². The first-order chi connectivity index (χ1) is 12.5. The van der Waals surface area contributed by atoms with Crippen LogP contribution in [0.2, 0.25) is 0 Å². The molecule has 2 aliphatic rings. The van der Waals surface area contributed by atoms with E-state index < -0.39 is 0 Å². The van der Waals surface area contributed by atoms with E-state index in [4.69, 9.17) is 4.74 Å². The first-order valence-electron chi connectivity index (χ1n) is 10.1. The van der Waals surface area contributed by atoms with Crippen molar-refractivity contribution in [2.45, 2.75) is 71.6 Å². The molecule has 1 aromatic rings. The summed E-state index contributed by atoms with van der Waals surface area (Å²) < 4.78 is 8.35. The Labute approximate surface area is 157 Å². The molecule has 1 aromatic heterocycles. The van der Waals surface area contributed by atoms with E-state index in [1.54, 1.807) is 6.92 Å². The lowest BCUT2D eigenvalue weighted by atomic mass is 9.78. The van der Waals surface area contributed by atoms with Gasteiger partial charge in [0, 0.05) is 57.5 Å². The third-order valence-electron chi connectivity index (χ3n) is 6.19. The molecule has 2 saturated heterocycles. The number of aryl methyl sites for hydroxylation is 1. The Morgan fingerprint density at radius 3 is 2.85 bits per heavy atom. The second-order valence-corrected chi connectivity index (χ2v) is 8.01. The van der Waals surface area contributed by atoms with Gasteiger partial charge in [0.15, 0.2) is 0 Å². The Bertz CT molecular complexity index is 605. The lowest BCUT2D eigenvalue weighted by Gasteiger charge is -2.46. The molecular weight excluding hydrogens is 328 g/mol. The van der Waals surface area contributed by atoms with Crippen LogP contribution in [0.5, 0.6) is 0 Å². The first kappa shape index (κ1) is 19.4. The van der Waals surface area contributed by atoms with Crippen LogP contribution in [-0.4, -0.2) is 52.4 Å². The van der Waals surface area contributed by atoms with Crippen LogP contribution in [0.4, 0.5) is 0 Å². The third-order valence-corrected chi connectivity index (χ3v) is 6.19. The van der Waals surface area contributed by atoms with E-state index in [1.807, 2.05) is 6.20 Å². The van der Waals surface area contributed by atoms with E-state index in [0.29, 0.717) is 5.92 Å². The van der Waals surface area contributed by atoms with Gasteiger partial charge >= 0.3 is 0 Å². The second-order valence-electron chi connectivity index (χ2n) is 8.01. The number of hydrogen-bond acceptors (Lipinski definition) is 4. The number of nitrogens with one attached hydrogen (secondary N) is 1. The Hall–Kier alpha value is -1.40. The molecule has 2 fully saturated rings. The fraction of sp³-hybridized carbons (Fsp3) is 0.800. The minimum absolute atomic E-state index is 0.0677. The van der Waals surface area contributed by atoms with E-state index in [2.05, 4.69) is 33.8 Å². The summed E-state index contributed by atoms with van der Waals surface area (Å²) in [7, 11) is 0. The molecule has 3 heterocycles. The summed E-state index contributed by atoms with van der Waals surface area (Å²) >= 11 is 0. The maximum atomic E-state index is 11.1. The van der Waals surface area contributed by atoms with Gasteiger partial charge in [-0.15, -0.1) is 0 Å². The monoisotopic (exact) mass is 362 g/mol. The van der Waals surface area contributed by atoms with Crippen molar-refractivity contribution in [1.29, 1.82) is 0 Å². The van der Waals surface area contributed by atoms with Crippen LogP contribution in [-0.2, 0) is 22.6 Å². The topological polar surface area (TPSA) is 59.4 Å². The van der Waals surface area contributed by atoms with Crippen molar-refractivity contribution in [1.82, 2.24) is 20.0 Å². The van der Waals surface area contributed by atoms with Crippen LogP contribution >= 0.6 is 0 Å². The predicted octanol–water partition coefficient (Wildman–Crippen LogP) is 2.50. The third kappa shape index (κ3) is 4.65. The zero-order valence-corrected chi connectivity index (χ0v) is 16.6. The lowest BCUT2D eigenvalue weighted by molar-refractivity contribution is -0.129. The number of likely N-dealkylation sites (tertiary alicyclic amines) is 1. The number of amides is 1. The normalized spacial score (nSPS) is 23.3. The number of ether oxygens (including phenoxy) is 1. The molecule has 6 heteroatoms. The molecule has 1 atom stereocenters. The summed E-state index contributed by atoms with van der Waals surface area (Å²) in [5.74, 6) is 0.744. The van der Waals surface area contributed by atoms with Gasteiger partial charge in [0.25, 0.3) is 0 Å². The van der Waals surface area contributed by atoms with Gasteiger partial charge in [-0.3, -0.25) is 14.4 Å². The minimum Gasteiger partial charge on any atom is -0.375 e. The summed E-state index contributed by atoms with van der Waals surface area (Å²) in [6.07, 6.45) is 7.60. The van der Waals surface area contributed by atoms with Crippen molar-refractivity contribution in [3.8, 4) is 0 Å². The Balaban J connectivity index is 1.48. The highest BCUT2D eigenvalue weighted by molar-refractivity contribution is 5.72. The fourth-order valence-electron chi connectivity index (χ4n) is 4.50. The van der Waals surface area contributed by atoms with Crippen LogP contribution in [0.15, 0.2) is 6.20 Å². The van der Waals surface area contributed by atoms with Crippen molar-refractivity contribution in [3.05, 3.63) is 17.5 Å². The number of piperidine rings is 1. The van der Waals surface area contributed by atoms with Crippen molar-refractivity contribution in [2.75, 3.05) is 26.2 Å². The van der Waals surface area contributed by atoms with Gasteiger partial charge in [0.05, 0.1) is 11.8 Å². The highest BCUT2D eigenvalue weighted by Crippen LogP contribution is 2.39. The largest absolute Gasteiger partial charge is 0.375 e. The molecule has 26 heavy (non-hydrogen) atoms. The van der Waals surface area contributed by atoms with Crippen molar-refractivity contribution in [2.24, 2.45) is 5.92 Å². The molecule has 0 aromatic carbocycles. The van der Waals surface area contributed by atoms with Gasteiger partial charge in [-0.25, -0.2) is 0 Å². The summed E-state index contributed by atoms with van der Waals surface area (Å²) in [4.78, 5) is 13.6. The smallest absolute Gasteiger partial charge is 0.216 e. The van der Waals surface area contributed by atoms with Crippen LogP contribution in [0, 0.1) is 12.8 Å². The van der Waals surface area contributed by atoms with E-state index in [0.717, 1.165) is 71.4 Å². The zero-order chi connectivity index (χ0) is 18.6. The Morgan fingerprint density at radius 1 is 1.42 bits per heavy atom. The van der Waals surface area contributed by atoms with Crippen LogP contribution in [0.1, 0.15) is 57.2 Å². The molecule has 0 saturated carbocycles. The van der Waals surface area contributed by atoms with Crippen LogP contribution in [0.25, 0.3) is 0 Å². The number of rotatable bonds is 6. The molecule has 0 bridgehead atoms. The van der Waals surface area contributed by atoms with Gasteiger partial charge in [-0.1, -0.05) is 0 Å². The summed E-state index contributed by atoms with van der Waals surface area (Å²) in [5, 5.41) is 7.40. The molecular formula is C20H34N4O2. The van der Waals surface area contributed by atoms with E-state index in [9.17, 15) is 4.79 Å².